The van der Waals surface area contributed by atoms with Crippen LogP contribution in [0.25, 0.3) is 0 Å². The number of nitrogens with zero attached hydrogens (tertiary/aromatic N) is 1. The van der Waals surface area contributed by atoms with Crippen LogP contribution in [0, 0.1) is 13.8 Å². The quantitative estimate of drug-likeness (QED) is 0.827. The van der Waals surface area contributed by atoms with E-state index in [1.807, 2.05) is 13.0 Å². The maximum Gasteiger partial charge on any atom is 0.120 e. The summed E-state index contributed by atoms with van der Waals surface area (Å²) in [6.07, 6.45) is 0. The molecule has 0 amide bonds. The van der Waals surface area contributed by atoms with Crippen molar-refractivity contribution in [2.75, 3.05) is 26.3 Å². The minimum Gasteiger partial charge on any atom is -0.508 e. The summed E-state index contributed by atoms with van der Waals surface area (Å²) in [5, 5.41) is 9.94. The molecule has 0 aromatic heterocycles. The normalized spacial score (nSPS) is 17.6. The second-order valence-electron chi connectivity index (χ2n) is 4.47. The van der Waals surface area contributed by atoms with Gasteiger partial charge in [0.25, 0.3) is 0 Å². The van der Waals surface area contributed by atoms with Gasteiger partial charge < -0.3 is 9.84 Å². The van der Waals surface area contributed by atoms with Gasteiger partial charge in [-0.25, -0.2) is 0 Å². The molecule has 0 bridgehead atoms. The average molecular weight is 221 g/mol. The zero-order valence-corrected chi connectivity index (χ0v) is 9.99. The van der Waals surface area contributed by atoms with E-state index in [1.54, 1.807) is 0 Å². The van der Waals surface area contributed by atoms with Crippen LogP contribution < -0.4 is 0 Å². The molecule has 0 saturated carbocycles. The van der Waals surface area contributed by atoms with Crippen molar-refractivity contribution in [1.82, 2.24) is 4.90 Å². The lowest BCUT2D eigenvalue weighted by Gasteiger charge is -2.27. The molecule has 1 N–H and O–H groups in total. The highest BCUT2D eigenvalue weighted by Gasteiger charge is 2.14. The zero-order chi connectivity index (χ0) is 11.5. The van der Waals surface area contributed by atoms with Crippen LogP contribution in [0.1, 0.15) is 16.7 Å². The largest absolute Gasteiger partial charge is 0.508 e. The Hall–Kier alpha value is -1.06. The Kier molecular flexibility index (Phi) is 3.46. The van der Waals surface area contributed by atoms with Crippen molar-refractivity contribution < 1.29 is 9.84 Å². The molecule has 16 heavy (non-hydrogen) atoms. The Morgan fingerprint density at radius 1 is 1.25 bits per heavy atom. The summed E-state index contributed by atoms with van der Waals surface area (Å²) in [5.41, 5.74) is 3.33. The number of hydrogen-bond donors (Lipinski definition) is 1. The molecule has 1 aromatic rings. The predicted molar refractivity (Wildman–Crippen MR) is 63.7 cm³/mol. The second kappa shape index (κ2) is 4.85. The Labute approximate surface area is 96.6 Å². The van der Waals surface area contributed by atoms with Gasteiger partial charge >= 0.3 is 0 Å². The third-order valence-electron chi connectivity index (χ3n) is 3.08. The standard InChI is InChI=1S/C13H19NO2/c1-10-7-11(2)12(13(15)8-10)9-14-3-5-16-6-4-14/h7-8,15H,3-6,9H2,1-2H3. The van der Waals surface area contributed by atoms with Crippen LogP contribution in [0.15, 0.2) is 12.1 Å². The molecule has 3 heteroatoms. The lowest BCUT2D eigenvalue weighted by Crippen LogP contribution is -2.35. The van der Waals surface area contributed by atoms with Crippen LogP contribution in [0.2, 0.25) is 0 Å². The number of rotatable bonds is 2. The van der Waals surface area contributed by atoms with Gasteiger partial charge in [0.1, 0.15) is 5.75 Å². The van der Waals surface area contributed by atoms with Crippen LogP contribution in [0.4, 0.5) is 0 Å². The van der Waals surface area contributed by atoms with E-state index < -0.39 is 0 Å². The number of aromatic hydroxyl groups is 1. The molecule has 0 spiro atoms. The van der Waals surface area contributed by atoms with Crippen LogP contribution in [-0.2, 0) is 11.3 Å². The fourth-order valence-electron chi connectivity index (χ4n) is 2.16. The van der Waals surface area contributed by atoms with E-state index in [0.717, 1.165) is 44.0 Å². The predicted octanol–water partition coefficient (Wildman–Crippen LogP) is 1.84. The number of ether oxygens (including phenoxy) is 1. The first-order valence-electron chi connectivity index (χ1n) is 5.76. The maximum atomic E-state index is 9.94. The SMILES string of the molecule is Cc1cc(C)c(CN2CCOCC2)c(O)c1. The highest BCUT2D eigenvalue weighted by atomic mass is 16.5. The van der Waals surface area contributed by atoms with Crippen molar-refractivity contribution in [2.45, 2.75) is 20.4 Å². The Balaban J connectivity index is 2.14. The molecule has 1 heterocycles. The molecule has 1 aromatic carbocycles. The van der Waals surface area contributed by atoms with Gasteiger partial charge in [-0.1, -0.05) is 6.07 Å². The van der Waals surface area contributed by atoms with Gasteiger partial charge in [0.15, 0.2) is 0 Å². The van der Waals surface area contributed by atoms with Crippen LogP contribution in [-0.4, -0.2) is 36.3 Å². The molecule has 1 aliphatic heterocycles. The highest BCUT2D eigenvalue weighted by Crippen LogP contribution is 2.24. The van der Waals surface area contributed by atoms with Crippen molar-refractivity contribution in [3.05, 3.63) is 28.8 Å². The van der Waals surface area contributed by atoms with Gasteiger partial charge in [0.2, 0.25) is 0 Å². The molecule has 0 atom stereocenters. The van der Waals surface area contributed by atoms with Crippen molar-refractivity contribution >= 4 is 0 Å². The molecule has 0 radical (unpaired) electrons. The van der Waals surface area contributed by atoms with E-state index in [-0.39, 0.29) is 0 Å². The Morgan fingerprint density at radius 2 is 1.94 bits per heavy atom. The van der Waals surface area contributed by atoms with Crippen LogP contribution in [0.3, 0.4) is 0 Å². The van der Waals surface area contributed by atoms with Crippen molar-refractivity contribution in [3.63, 3.8) is 0 Å². The Morgan fingerprint density at radius 3 is 2.56 bits per heavy atom. The van der Waals surface area contributed by atoms with Gasteiger partial charge in [0.05, 0.1) is 13.2 Å². The van der Waals surface area contributed by atoms with E-state index in [9.17, 15) is 5.11 Å². The molecular weight excluding hydrogens is 202 g/mol. The fraction of sp³-hybridized carbons (Fsp3) is 0.538. The molecule has 1 fully saturated rings. The van der Waals surface area contributed by atoms with Crippen molar-refractivity contribution in [1.29, 1.82) is 0 Å². The van der Waals surface area contributed by atoms with Crippen LogP contribution in [0.5, 0.6) is 5.75 Å². The maximum absolute atomic E-state index is 9.94. The first kappa shape index (κ1) is 11.4. The smallest absolute Gasteiger partial charge is 0.120 e. The zero-order valence-electron chi connectivity index (χ0n) is 9.99. The average Bonchev–Trinajstić information content (AvgIpc) is 2.25. The summed E-state index contributed by atoms with van der Waals surface area (Å²) < 4.78 is 5.31. The molecular formula is C13H19NO2. The van der Waals surface area contributed by atoms with E-state index in [1.165, 1.54) is 5.56 Å². The third kappa shape index (κ3) is 2.54. The lowest BCUT2D eigenvalue weighted by atomic mass is 10.0. The number of aryl methyl sites for hydroxylation is 2. The van der Waals surface area contributed by atoms with E-state index in [4.69, 9.17) is 4.74 Å². The summed E-state index contributed by atoms with van der Waals surface area (Å²) in [6, 6.07) is 3.96. The monoisotopic (exact) mass is 221 g/mol. The minimum atomic E-state index is 0.420. The first-order valence-corrected chi connectivity index (χ1v) is 5.76. The summed E-state index contributed by atoms with van der Waals surface area (Å²) >= 11 is 0. The van der Waals surface area contributed by atoms with Crippen molar-refractivity contribution in [2.24, 2.45) is 0 Å². The third-order valence-corrected chi connectivity index (χ3v) is 3.08. The molecule has 2 rings (SSSR count). The molecule has 88 valence electrons. The summed E-state index contributed by atoms with van der Waals surface area (Å²) in [5.74, 6) is 0.420. The lowest BCUT2D eigenvalue weighted by molar-refractivity contribution is 0.0338. The van der Waals surface area contributed by atoms with Gasteiger partial charge in [-0.05, 0) is 31.0 Å². The molecule has 1 aliphatic rings. The number of morpholine rings is 1. The highest BCUT2D eigenvalue weighted by molar-refractivity contribution is 5.41. The topological polar surface area (TPSA) is 32.7 Å². The second-order valence-corrected chi connectivity index (χ2v) is 4.47. The molecule has 0 unspecified atom stereocenters. The van der Waals surface area contributed by atoms with Gasteiger partial charge in [-0.3, -0.25) is 4.90 Å². The van der Waals surface area contributed by atoms with Gasteiger partial charge in [-0.15, -0.1) is 0 Å². The van der Waals surface area contributed by atoms with Gasteiger partial charge in [-0.2, -0.15) is 0 Å². The van der Waals surface area contributed by atoms with E-state index >= 15 is 0 Å². The van der Waals surface area contributed by atoms with Crippen LogP contribution >= 0.6 is 0 Å². The summed E-state index contributed by atoms with van der Waals surface area (Å²) in [7, 11) is 0. The molecule has 0 aliphatic carbocycles. The minimum absolute atomic E-state index is 0.420. The summed E-state index contributed by atoms with van der Waals surface area (Å²) in [6.45, 7) is 8.38. The fourth-order valence-corrected chi connectivity index (χ4v) is 2.16. The molecule has 3 nitrogen and oxygen atoms in total. The number of phenolic OH excluding ortho intramolecular Hbond substituents is 1. The summed E-state index contributed by atoms with van der Waals surface area (Å²) in [4.78, 5) is 2.32. The Bertz CT molecular complexity index is 347. The number of benzene rings is 1. The van der Waals surface area contributed by atoms with E-state index in [2.05, 4.69) is 17.9 Å². The first-order chi connectivity index (χ1) is 7.66. The molecule has 1 saturated heterocycles. The van der Waals surface area contributed by atoms with Crippen molar-refractivity contribution in [3.8, 4) is 5.75 Å². The number of phenols is 1. The van der Waals surface area contributed by atoms with E-state index in [0.29, 0.717) is 5.75 Å². The number of hydrogen-bond acceptors (Lipinski definition) is 3. The van der Waals surface area contributed by atoms with Gasteiger partial charge in [0, 0.05) is 25.2 Å².